The van der Waals surface area contributed by atoms with E-state index in [0.29, 0.717) is 16.6 Å². The molecule has 0 aliphatic carbocycles. The molecule has 0 spiro atoms. The van der Waals surface area contributed by atoms with Crippen LogP contribution in [0.5, 0.6) is 0 Å². The molecule has 0 radical (unpaired) electrons. The molecule has 3 aromatic rings. The minimum absolute atomic E-state index is 0.0411. The standard InChI is InChI=1S/C15H16N4O2S/c1-15(2,3)11-6-4-10(5-7-11)12(20)8-22-14-18-19-9-16-17-13(19)21-14/h4-7,9H,8H2,1-3H3. The molecular formula is C15H16N4O2S. The van der Waals surface area contributed by atoms with Crippen LogP contribution < -0.4 is 0 Å². The highest BCUT2D eigenvalue weighted by Crippen LogP contribution is 2.23. The molecule has 3 rings (SSSR count). The Hall–Kier alpha value is -2.15. The number of benzene rings is 1. The SMILES string of the molecule is CC(C)(C)c1ccc(C(=O)CSc2nn3cnnc3o2)cc1. The Morgan fingerprint density at radius 2 is 2.00 bits per heavy atom. The first-order valence-electron chi connectivity index (χ1n) is 6.87. The van der Waals surface area contributed by atoms with Gasteiger partial charge in [-0.3, -0.25) is 4.79 Å². The summed E-state index contributed by atoms with van der Waals surface area (Å²) < 4.78 is 6.78. The lowest BCUT2D eigenvalue weighted by Gasteiger charge is -2.18. The second-order valence-electron chi connectivity index (χ2n) is 5.97. The molecule has 2 aromatic heterocycles. The number of Topliss-reactive ketones (excluding diaryl/α,β-unsaturated/α-hetero) is 1. The molecule has 0 unspecified atom stereocenters. The van der Waals surface area contributed by atoms with Crippen LogP contribution >= 0.6 is 11.8 Å². The van der Waals surface area contributed by atoms with Crippen molar-refractivity contribution in [3.63, 3.8) is 0 Å². The van der Waals surface area contributed by atoms with E-state index in [-0.39, 0.29) is 17.0 Å². The maximum absolute atomic E-state index is 12.2. The molecule has 0 amide bonds. The van der Waals surface area contributed by atoms with E-state index < -0.39 is 0 Å². The van der Waals surface area contributed by atoms with Crippen molar-refractivity contribution in [2.75, 3.05) is 5.75 Å². The number of thioether (sulfide) groups is 1. The number of hydrogen-bond donors (Lipinski definition) is 0. The monoisotopic (exact) mass is 316 g/mol. The Morgan fingerprint density at radius 3 is 2.64 bits per heavy atom. The van der Waals surface area contributed by atoms with Gasteiger partial charge < -0.3 is 4.42 Å². The molecule has 6 nitrogen and oxygen atoms in total. The van der Waals surface area contributed by atoms with Crippen LogP contribution in [0.15, 0.2) is 40.2 Å². The number of carbonyl (C=O) groups is 1. The smallest absolute Gasteiger partial charge is 0.345 e. The third kappa shape index (κ3) is 3.04. The van der Waals surface area contributed by atoms with Crippen LogP contribution in [0.4, 0.5) is 0 Å². The summed E-state index contributed by atoms with van der Waals surface area (Å²) in [5.74, 6) is 0.635. The Balaban J connectivity index is 1.65. The van der Waals surface area contributed by atoms with Gasteiger partial charge in [-0.15, -0.1) is 10.2 Å². The number of nitrogens with zero attached hydrogens (tertiary/aromatic N) is 4. The van der Waals surface area contributed by atoms with E-state index in [0.717, 1.165) is 0 Å². The number of carbonyl (C=O) groups excluding carboxylic acids is 1. The molecule has 2 heterocycles. The third-order valence-corrected chi connectivity index (χ3v) is 4.09. The van der Waals surface area contributed by atoms with E-state index in [1.165, 1.54) is 28.2 Å². The van der Waals surface area contributed by atoms with E-state index in [2.05, 4.69) is 36.1 Å². The summed E-state index contributed by atoms with van der Waals surface area (Å²) in [6.45, 7) is 6.44. The highest BCUT2D eigenvalue weighted by atomic mass is 32.2. The van der Waals surface area contributed by atoms with Gasteiger partial charge in [0.15, 0.2) is 5.78 Å². The predicted molar refractivity (Wildman–Crippen MR) is 83.2 cm³/mol. The summed E-state index contributed by atoms with van der Waals surface area (Å²) in [5.41, 5.74) is 1.98. The van der Waals surface area contributed by atoms with Crippen LogP contribution in [-0.4, -0.2) is 31.3 Å². The maximum Gasteiger partial charge on any atom is 0.345 e. The molecular weight excluding hydrogens is 300 g/mol. The summed E-state index contributed by atoms with van der Waals surface area (Å²) in [6.07, 6.45) is 1.45. The number of rotatable bonds is 4. The number of fused-ring (bicyclic) bond motifs is 1. The summed E-state index contributed by atoms with van der Waals surface area (Å²) in [6, 6.07) is 7.75. The van der Waals surface area contributed by atoms with Crippen LogP contribution in [0.1, 0.15) is 36.7 Å². The minimum Gasteiger partial charge on any atom is -0.396 e. The molecule has 0 bridgehead atoms. The number of ketones is 1. The summed E-state index contributed by atoms with van der Waals surface area (Å²) in [5, 5.41) is 11.9. The Kier molecular flexibility index (Phi) is 3.74. The van der Waals surface area contributed by atoms with Gasteiger partial charge in [0.2, 0.25) is 0 Å². The van der Waals surface area contributed by atoms with Gasteiger partial charge in [0.25, 0.3) is 5.22 Å². The molecule has 0 saturated heterocycles. The molecule has 0 N–H and O–H groups in total. The lowest BCUT2D eigenvalue weighted by atomic mass is 9.86. The predicted octanol–water partition coefficient (Wildman–Crippen LogP) is 2.99. The fraction of sp³-hybridized carbons (Fsp3) is 0.333. The first-order valence-corrected chi connectivity index (χ1v) is 7.85. The zero-order valence-corrected chi connectivity index (χ0v) is 13.4. The van der Waals surface area contributed by atoms with Crippen LogP contribution in [0.2, 0.25) is 0 Å². The fourth-order valence-corrected chi connectivity index (χ4v) is 2.67. The second kappa shape index (κ2) is 5.57. The first kappa shape index (κ1) is 14.8. The van der Waals surface area contributed by atoms with Gasteiger partial charge in [-0.25, -0.2) is 0 Å². The van der Waals surface area contributed by atoms with E-state index in [9.17, 15) is 4.79 Å². The molecule has 0 aliphatic heterocycles. The van der Waals surface area contributed by atoms with E-state index in [1.807, 2.05) is 24.3 Å². The van der Waals surface area contributed by atoms with Crippen molar-refractivity contribution in [1.82, 2.24) is 19.8 Å². The molecule has 0 aliphatic rings. The third-order valence-electron chi connectivity index (χ3n) is 3.27. The first-order chi connectivity index (χ1) is 10.4. The van der Waals surface area contributed by atoms with Crippen molar-refractivity contribution in [1.29, 1.82) is 0 Å². The Labute approximate surface area is 131 Å². The van der Waals surface area contributed by atoms with Crippen molar-refractivity contribution in [3.05, 3.63) is 41.7 Å². The maximum atomic E-state index is 12.2. The molecule has 114 valence electrons. The molecule has 22 heavy (non-hydrogen) atoms. The van der Waals surface area contributed by atoms with Gasteiger partial charge in [0.05, 0.1) is 5.75 Å². The quantitative estimate of drug-likeness (QED) is 0.544. The van der Waals surface area contributed by atoms with Gasteiger partial charge >= 0.3 is 5.84 Å². The van der Waals surface area contributed by atoms with Crippen LogP contribution in [0.3, 0.4) is 0 Å². The summed E-state index contributed by atoms with van der Waals surface area (Å²) in [7, 11) is 0. The minimum atomic E-state index is 0.0411. The second-order valence-corrected chi connectivity index (χ2v) is 6.89. The average Bonchev–Trinajstić information content (AvgIpc) is 3.05. The highest BCUT2D eigenvalue weighted by molar-refractivity contribution is 7.99. The molecule has 7 heteroatoms. The zero-order valence-electron chi connectivity index (χ0n) is 12.6. The average molecular weight is 316 g/mol. The van der Waals surface area contributed by atoms with Crippen molar-refractivity contribution < 1.29 is 9.21 Å². The van der Waals surface area contributed by atoms with Crippen molar-refractivity contribution >= 4 is 23.4 Å². The summed E-state index contributed by atoms with van der Waals surface area (Å²) >= 11 is 1.25. The van der Waals surface area contributed by atoms with Crippen molar-refractivity contribution in [2.45, 2.75) is 31.4 Å². The van der Waals surface area contributed by atoms with E-state index in [4.69, 9.17) is 4.42 Å². The molecule has 1 aromatic carbocycles. The van der Waals surface area contributed by atoms with E-state index >= 15 is 0 Å². The van der Waals surface area contributed by atoms with Crippen LogP contribution in [-0.2, 0) is 5.41 Å². The van der Waals surface area contributed by atoms with Crippen molar-refractivity contribution in [3.8, 4) is 0 Å². The zero-order chi connectivity index (χ0) is 15.7. The Bertz CT molecular complexity index is 770. The number of hydrogen-bond acceptors (Lipinski definition) is 6. The highest BCUT2D eigenvalue weighted by Gasteiger charge is 2.15. The molecule has 0 fully saturated rings. The molecule has 0 atom stereocenters. The number of aromatic nitrogens is 4. The lowest BCUT2D eigenvalue weighted by Crippen LogP contribution is -2.11. The van der Waals surface area contributed by atoms with Crippen molar-refractivity contribution in [2.24, 2.45) is 0 Å². The van der Waals surface area contributed by atoms with Gasteiger partial charge in [-0.05, 0) is 11.0 Å². The van der Waals surface area contributed by atoms with Gasteiger partial charge in [-0.1, -0.05) is 61.9 Å². The largest absolute Gasteiger partial charge is 0.396 e. The topological polar surface area (TPSA) is 73.3 Å². The van der Waals surface area contributed by atoms with Gasteiger partial charge in [-0.2, -0.15) is 4.52 Å². The van der Waals surface area contributed by atoms with Gasteiger partial charge in [0.1, 0.15) is 6.33 Å². The van der Waals surface area contributed by atoms with E-state index in [1.54, 1.807) is 0 Å². The normalized spacial score (nSPS) is 12.0. The van der Waals surface area contributed by atoms with Gasteiger partial charge in [0, 0.05) is 5.56 Å². The fourth-order valence-electron chi connectivity index (χ4n) is 1.97. The van der Waals surface area contributed by atoms with Crippen LogP contribution in [0, 0.1) is 0 Å². The Morgan fingerprint density at radius 1 is 1.27 bits per heavy atom. The summed E-state index contributed by atoms with van der Waals surface area (Å²) in [4.78, 5) is 12.2. The lowest BCUT2D eigenvalue weighted by molar-refractivity contribution is 0.102. The molecule has 0 saturated carbocycles. The van der Waals surface area contributed by atoms with Crippen LogP contribution in [0.25, 0.3) is 5.84 Å².